The highest BCUT2D eigenvalue weighted by Gasteiger charge is 2.55. The zero-order chi connectivity index (χ0) is 25.5. The molecule has 4 saturated heterocycles. The fourth-order valence-electron chi connectivity index (χ4n) is 4.06. The minimum absolute atomic E-state index is 0. The van der Waals surface area contributed by atoms with Crippen molar-refractivity contribution >= 4 is 33.9 Å². The number of hydrogen-bond acceptors (Lipinski definition) is 9. The Morgan fingerprint density at radius 3 is 1.80 bits per heavy atom. The normalized spacial score (nSPS) is 31.1. The van der Waals surface area contributed by atoms with Gasteiger partial charge < -0.3 is 29.3 Å². The van der Waals surface area contributed by atoms with Crippen molar-refractivity contribution in [3.05, 3.63) is 0 Å². The predicted octanol–water partition coefficient (Wildman–Crippen LogP) is -0.771. The summed E-state index contributed by atoms with van der Waals surface area (Å²) in [5.41, 5.74) is -0.495. The van der Waals surface area contributed by atoms with Gasteiger partial charge in [-0.05, 0) is 32.6 Å². The average Bonchev–Trinajstić information content (AvgIpc) is 3.38. The Bertz CT molecular complexity index is 949. The van der Waals surface area contributed by atoms with Gasteiger partial charge in [0.15, 0.2) is 12.1 Å². The van der Waals surface area contributed by atoms with Gasteiger partial charge in [-0.2, -0.15) is 0 Å². The van der Waals surface area contributed by atoms with Crippen LogP contribution >= 0.6 is 0 Å². The Labute approximate surface area is 205 Å². The molecule has 2 saturated carbocycles. The molecule has 4 heterocycles. The molecule has 35 heavy (non-hydrogen) atoms. The number of carbonyl (C=O) groups excluding carboxylic acids is 3. The summed E-state index contributed by atoms with van der Waals surface area (Å²) in [6, 6.07) is -0.120. The summed E-state index contributed by atoms with van der Waals surface area (Å²) in [6.45, 7) is 5.35. The number of carboxylic acids is 1. The van der Waals surface area contributed by atoms with Gasteiger partial charge in [0.1, 0.15) is 18.7 Å². The second kappa shape index (κ2) is 10.4. The summed E-state index contributed by atoms with van der Waals surface area (Å²) in [5, 5.41) is 10.4. The van der Waals surface area contributed by atoms with E-state index in [2.05, 4.69) is 5.32 Å². The molecule has 1 amide bonds. The first kappa shape index (κ1) is 29.0. The molecule has 2 aliphatic carbocycles. The molecule has 4 aliphatic heterocycles. The highest BCUT2D eigenvalue weighted by molar-refractivity contribution is 7.84. The monoisotopic (exact) mass is 520 g/mol. The van der Waals surface area contributed by atoms with E-state index < -0.39 is 16.1 Å². The summed E-state index contributed by atoms with van der Waals surface area (Å²) >= 11 is 0. The van der Waals surface area contributed by atoms with Crippen LogP contribution < -0.4 is 5.32 Å². The van der Waals surface area contributed by atoms with Gasteiger partial charge in [0.05, 0.1) is 28.5 Å². The number of rotatable bonds is 2. The van der Waals surface area contributed by atoms with Crippen LogP contribution in [0, 0.1) is 10.8 Å². The van der Waals surface area contributed by atoms with Crippen LogP contribution in [0.4, 0.5) is 0 Å². The smallest absolute Gasteiger partial charge is 0.365 e. The molecule has 4 bridgehead atoms. The number of likely N-dealkylation sites (tertiary alicyclic amines) is 1. The molecule has 200 valence electrons. The quantitative estimate of drug-likeness (QED) is 0.346. The number of hydrogen-bond donors (Lipinski definition) is 2. The topological polar surface area (TPSA) is 184 Å². The van der Waals surface area contributed by atoms with Crippen LogP contribution in [0.3, 0.4) is 0 Å². The zero-order valence-electron chi connectivity index (χ0n) is 19.5. The number of carbonyl (C=O) groups is 4. The molecule has 0 unspecified atom stereocenters. The largest absolute Gasteiger partial charge is 0.748 e. The standard InChI is InChI=1S/C10H13NO3.C5H7NO2.C5H8O2.CH4O3S.CH4/c1-10(2-3-10)9(13)11-5-6-4-7(11)8(12)14-6;7-5-4-1-3(8-5)2-6-4;1-5(2-3-5)4(6)7;1-5(2,3)4;/h6-7H,2-5H2,1H3;3-4,6H,1-2H2;2-3H2,1H3,(H,6,7);1H3,(H,2,3,4);1H4/t6-,7-;3-,4-;;;/m00.../s1. The zero-order valence-corrected chi connectivity index (χ0v) is 20.3. The summed E-state index contributed by atoms with van der Waals surface area (Å²) in [7, 11) is -3.92. The van der Waals surface area contributed by atoms with Crippen LogP contribution in [0.1, 0.15) is 59.8 Å². The van der Waals surface area contributed by atoms with Crippen molar-refractivity contribution in [1.29, 1.82) is 0 Å². The van der Waals surface area contributed by atoms with E-state index in [0.717, 1.165) is 38.6 Å². The van der Waals surface area contributed by atoms with Gasteiger partial charge >= 0.3 is 17.9 Å². The molecule has 0 aromatic rings. The summed E-state index contributed by atoms with van der Waals surface area (Å²) in [5.74, 6) is -0.714. The lowest BCUT2D eigenvalue weighted by molar-refractivity contribution is -0.667. The number of aliphatic carboxylic acids is 1. The van der Waals surface area contributed by atoms with E-state index in [1.165, 1.54) is 0 Å². The Hall–Kier alpha value is -2.25. The molecule has 0 aromatic heterocycles. The molecule has 4 atom stereocenters. The van der Waals surface area contributed by atoms with E-state index in [1.54, 1.807) is 11.8 Å². The number of fused-ring (bicyclic) bond motifs is 4. The van der Waals surface area contributed by atoms with Crippen LogP contribution in [0.5, 0.6) is 0 Å². The molecular formula is C22H36N2O10S. The second-order valence-corrected chi connectivity index (χ2v) is 11.7. The van der Waals surface area contributed by atoms with E-state index >= 15 is 0 Å². The van der Waals surface area contributed by atoms with E-state index in [9.17, 15) is 19.2 Å². The Morgan fingerprint density at radius 2 is 1.54 bits per heavy atom. The molecule has 0 aromatic carbocycles. The van der Waals surface area contributed by atoms with Crippen LogP contribution in [0.25, 0.3) is 0 Å². The Balaban J connectivity index is 0.000000177. The molecular weight excluding hydrogens is 484 g/mol. The van der Waals surface area contributed by atoms with Crippen molar-refractivity contribution < 1.29 is 52.0 Å². The van der Waals surface area contributed by atoms with Crippen LogP contribution in [0.2, 0.25) is 0 Å². The minimum atomic E-state index is -3.92. The van der Waals surface area contributed by atoms with Crippen LogP contribution in [-0.4, -0.2) is 90.4 Å². The van der Waals surface area contributed by atoms with Crippen molar-refractivity contribution in [3.63, 3.8) is 0 Å². The van der Waals surface area contributed by atoms with Crippen molar-refractivity contribution in [3.8, 4) is 0 Å². The third-order valence-corrected chi connectivity index (χ3v) is 6.90. The van der Waals surface area contributed by atoms with Gasteiger partial charge in [0, 0.05) is 18.1 Å². The Kier molecular flexibility index (Phi) is 8.61. The maximum absolute atomic E-state index is 12.0. The lowest BCUT2D eigenvalue weighted by Crippen LogP contribution is -2.90. The number of nitrogens with zero attached hydrogens (tertiary/aromatic N) is 1. The highest BCUT2D eigenvalue weighted by Crippen LogP contribution is 2.48. The predicted molar refractivity (Wildman–Crippen MR) is 120 cm³/mol. The molecule has 3 N–H and O–H groups in total. The fourth-order valence-corrected chi connectivity index (χ4v) is 4.06. The van der Waals surface area contributed by atoms with Gasteiger partial charge in [0.2, 0.25) is 5.91 Å². The first-order chi connectivity index (χ1) is 15.6. The van der Waals surface area contributed by atoms with Gasteiger partial charge in [-0.15, -0.1) is 0 Å². The van der Waals surface area contributed by atoms with Crippen molar-refractivity contribution in [1.82, 2.24) is 4.90 Å². The number of morpholine rings is 2. The summed E-state index contributed by atoms with van der Waals surface area (Å²) < 4.78 is 37.2. The van der Waals surface area contributed by atoms with Gasteiger partial charge in [-0.3, -0.25) is 9.59 Å². The number of esters is 2. The third-order valence-electron chi connectivity index (χ3n) is 6.90. The van der Waals surface area contributed by atoms with Gasteiger partial charge in [-0.1, -0.05) is 14.4 Å². The highest BCUT2D eigenvalue weighted by atomic mass is 32.2. The summed E-state index contributed by atoms with van der Waals surface area (Å²) in [4.78, 5) is 45.7. The molecule has 6 aliphatic rings. The Morgan fingerprint density at radius 1 is 1.03 bits per heavy atom. The number of quaternary nitrogens is 1. The molecule has 0 radical (unpaired) electrons. The van der Waals surface area contributed by atoms with Crippen LogP contribution in [0.15, 0.2) is 0 Å². The van der Waals surface area contributed by atoms with E-state index in [0.29, 0.717) is 19.2 Å². The van der Waals surface area contributed by atoms with E-state index in [1.807, 2.05) is 6.92 Å². The lowest BCUT2D eigenvalue weighted by atomic mass is 10.1. The number of nitrogens with two attached hydrogens (primary N) is 1. The number of amides is 1. The minimum Gasteiger partial charge on any atom is -0.748 e. The lowest BCUT2D eigenvalue weighted by Gasteiger charge is -2.28. The van der Waals surface area contributed by atoms with E-state index in [-0.39, 0.29) is 60.4 Å². The van der Waals surface area contributed by atoms with Crippen molar-refractivity contribution in [2.75, 3.05) is 19.3 Å². The molecule has 12 nitrogen and oxygen atoms in total. The third kappa shape index (κ3) is 7.61. The molecule has 6 fully saturated rings. The maximum atomic E-state index is 12.0. The summed E-state index contributed by atoms with van der Waals surface area (Å²) in [6.07, 6.45) is 6.13. The maximum Gasteiger partial charge on any atom is 0.365 e. The molecule has 0 spiro atoms. The second-order valence-electron chi connectivity index (χ2n) is 10.3. The number of ether oxygens (including phenoxy) is 2. The van der Waals surface area contributed by atoms with Gasteiger partial charge in [-0.25, -0.2) is 18.0 Å². The van der Waals surface area contributed by atoms with Crippen molar-refractivity contribution in [2.24, 2.45) is 10.8 Å². The average molecular weight is 521 g/mol. The van der Waals surface area contributed by atoms with Crippen LogP contribution in [-0.2, 0) is 38.8 Å². The van der Waals surface area contributed by atoms with Crippen molar-refractivity contribution in [2.45, 2.75) is 84.1 Å². The molecule has 6 rings (SSSR count). The van der Waals surface area contributed by atoms with Gasteiger partial charge in [0.25, 0.3) is 0 Å². The number of carboxylic acid groups (broad SMARTS) is 1. The first-order valence-corrected chi connectivity index (χ1v) is 13.1. The fraction of sp³-hybridized carbons (Fsp3) is 0.818. The molecule has 13 heteroatoms. The van der Waals surface area contributed by atoms with E-state index in [4.69, 9.17) is 27.6 Å². The first-order valence-electron chi connectivity index (χ1n) is 11.3. The SMILES string of the molecule is C.CC1(C(=O)N2C[C@@H]3C[C@H]2C(=O)O3)CC1.CC1(C(=O)O)CC1.CS(=O)(=O)[O-].O=C1O[C@@H]2C[NH2+][C@H]1C2.